The second-order valence-corrected chi connectivity index (χ2v) is 14.8. The topological polar surface area (TPSA) is 9.86 Å². The van der Waals surface area contributed by atoms with Gasteiger partial charge in [-0.15, -0.1) is 0 Å². The first kappa shape index (κ1) is 34.6. The normalized spacial score (nSPS) is 12.1. The SMILES string of the molecule is CCCCCCCCCCCCn1ccc2c3ccc4c(ccc5c4ccc4c5ccn4CCCCCCCCCCCC)c3ccc21. The van der Waals surface area contributed by atoms with Gasteiger partial charge in [0.25, 0.3) is 0 Å². The van der Waals surface area contributed by atoms with Gasteiger partial charge in [0.15, 0.2) is 0 Å². The lowest BCUT2D eigenvalue weighted by molar-refractivity contribution is 0.538. The summed E-state index contributed by atoms with van der Waals surface area (Å²) in [6, 6.07) is 23.7. The summed E-state index contributed by atoms with van der Waals surface area (Å²) in [5.74, 6) is 0. The predicted octanol–water partition coefficient (Wildman–Crippen LogP) is 14.9. The van der Waals surface area contributed by atoms with Gasteiger partial charge in [-0.3, -0.25) is 0 Å². The largest absolute Gasteiger partial charge is 0.347 e. The van der Waals surface area contributed by atoms with Crippen LogP contribution in [0.4, 0.5) is 0 Å². The molecule has 6 rings (SSSR count). The predicted molar refractivity (Wildman–Crippen MR) is 214 cm³/mol. The maximum atomic E-state index is 2.49. The van der Waals surface area contributed by atoms with Crippen molar-refractivity contribution in [2.24, 2.45) is 0 Å². The zero-order valence-corrected chi connectivity index (χ0v) is 30.4. The van der Waals surface area contributed by atoms with Crippen LogP contribution in [0.25, 0.3) is 54.1 Å². The van der Waals surface area contributed by atoms with Gasteiger partial charge >= 0.3 is 0 Å². The molecule has 0 amide bonds. The number of unbranched alkanes of at least 4 members (excludes halogenated alkanes) is 18. The highest BCUT2D eigenvalue weighted by Gasteiger charge is 2.12. The standard InChI is InChI=1S/C46H62N2/c1-3-5-7-9-11-13-15-17-19-21-33-47-35-31-43-41-25-23-38-37(39(41)27-29-45(43)47)24-26-42-40(38)28-30-46-44(42)32-36-48(46)34-22-20-18-16-14-12-10-8-6-4-2/h23-32,35-36H,3-22,33-34H2,1-2H3. The van der Waals surface area contributed by atoms with Gasteiger partial charge in [-0.05, 0) is 69.4 Å². The molecule has 0 aliphatic heterocycles. The minimum Gasteiger partial charge on any atom is -0.347 e. The molecule has 2 heterocycles. The highest BCUT2D eigenvalue weighted by atomic mass is 15.0. The molecule has 0 unspecified atom stereocenters. The average molecular weight is 643 g/mol. The number of aryl methyl sites for hydroxylation is 2. The molecule has 0 aliphatic rings. The Hall–Kier alpha value is -3.26. The molecule has 2 nitrogen and oxygen atoms in total. The van der Waals surface area contributed by atoms with Crippen molar-refractivity contribution >= 4 is 54.1 Å². The van der Waals surface area contributed by atoms with E-state index in [1.165, 1.54) is 183 Å². The molecule has 0 spiro atoms. The second kappa shape index (κ2) is 17.9. The average Bonchev–Trinajstić information content (AvgIpc) is 3.73. The van der Waals surface area contributed by atoms with E-state index in [1.54, 1.807) is 0 Å². The number of rotatable bonds is 22. The van der Waals surface area contributed by atoms with Crippen LogP contribution in [0.2, 0.25) is 0 Å². The number of benzene rings is 4. The fourth-order valence-corrected chi connectivity index (χ4v) is 8.33. The van der Waals surface area contributed by atoms with E-state index in [-0.39, 0.29) is 0 Å². The first-order valence-corrected chi connectivity index (χ1v) is 20.1. The molecule has 0 N–H and O–H groups in total. The zero-order chi connectivity index (χ0) is 33.0. The summed E-state index contributed by atoms with van der Waals surface area (Å²) >= 11 is 0. The van der Waals surface area contributed by atoms with Crippen LogP contribution in [0.3, 0.4) is 0 Å². The Labute approximate surface area is 290 Å². The van der Waals surface area contributed by atoms with Gasteiger partial charge in [-0.1, -0.05) is 166 Å². The minimum absolute atomic E-state index is 1.12. The van der Waals surface area contributed by atoms with Crippen LogP contribution >= 0.6 is 0 Å². The van der Waals surface area contributed by atoms with Gasteiger partial charge in [-0.25, -0.2) is 0 Å². The summed E-state index contributed by atoms with van der Waals surface area (Å²) in [4.78, 5) is 0. The van der Waals surface area contributed by atoms with Crippen LogP contribution in [-0.2, 0) is 13.1 Å². The third kappa shape index (κ3) is 8.30. The van der Waals surface area contributed by atoms with Crippen molar-refractivity contribution in [3.8, 4) is 0 Å². The second-order valence-electron chi connectivity index (χ2n) is 14.8. The Morgan fingerprint density at radius 1 is 0.292 bits per heavy atom. The number of nitrogens with zero attached hydrogens (tertiary/aromatic N) is 2. The van der Waals surface area contributed by atoms with Crippen LogP contribution in [0.1, 0.15) is 142 Å². The molecule has 256 valence electrons. The summed E-state index contributed by atoms with van der Waals surface area (Å²) in [5, 5.41) is 11.0. The van der Waals surface area contributed by atoms with Gasteiger partial charge < -0.3 is 9.13 Å². The van der Waals surface area contributed by atoms with E-state index >= 15 is 0 Å². The minimum atomic E-state index is 1.12. The summed E-state index contributed by atoms with van der Waals surface area (Å²) < 4.78 is 4.97. The monoisotopic (exact) mass is 642 g/mol. The molecule has 2 aromatic heterocycles. The first-order valence-electron chi connectivity index (χ1n) is 20.1. The summed E-state index contributed by atoms with van der Waals surface area (Å²) in [5.41, 5.74) is 2.76. The fraction of sp³-hybridized carbons (Fsp3) is 0.522. The Balaban J connectivity index is 1.08. The molecule has 0 aliphatic carbocycles. The number of fused-ring (bicyclic) bond motifs is 9. The van der Waals surface area contributed by atoms with Crippen LogP contribution in [0.15, 0.2) is 73.1 Å². The van der Waals surface area contributed by atoms with E-state index in [2.05, 4.69) is 96.0 Å². The summed E-state index contributed by atoms with van der Waals surface area (Å²) in [7, 11) is 0. The van der Waals surface area contributed by atoms with Crippen LogP contribution in [0.5, 0.6) is 0 Å². The van der Waals surface area contributed by atoms with Crippen molar-refractivity contribution in [2.75, 3.05) is 0 Å². The maximum absolute atomic E-state index is 2.49. The van der Waals surface area contributed by atoms with Gasteiger partial charge in [-0.2, -0.15) is 0 Å². The van der Waals surface area contributed by atoms with Gasteiger partial charge in [0, 0.05) is 47.3 Å². The van der Waals surface area contributed by atoms with E-state index in [1.807, 2.05) is 0 Å². The molecule has 0 radical (unpaired) electrons. The van der Waals surface area contributed by atoms with Crippen LogP contribution in [-0.4, -0.2) is 9.13 Å². The molecule has 0 fully saturated rings. The van der Waals surface area contributed by atoms with Crippen molar-refractivity contribution < 1.29 is 0 Å². The quantitative estimate of drug-likeness (QED) is 0.0515. The van der Waals surface area contributed by atoms with Crippen molar-refractivity contribution in [3.05, 3.63) is 73.1 Å². The molecule has 0 atom stereocenters. The van der Waals surface area contributed by atoms with Crippen molar-refractivity contribution in [2.45, 2.75) is 155 Å². The number of aromatic nitrogens is 2. The molecule has 0 saturated heterocycles. The van der Waals surface area contributed by atoms with Gasteiger partial charge in [0.05, 0.1) is 0 Å². The maximum Gasteiger partial charge on any atom is 0.0486 e. The van der Waals surface area contributed by atoms with E-state index in [0.717, 1.165) is 13.1 Å². The van der Waals surface area contributed by atoms with Gasteiger partial charge in [0.2, 0.25) is 0 Å². The highest BCUT2D eigenvalue weighted by Crippen LogP contribution is 2.37. The number of hydrogen-bond acceptors (Lipinski definition) is 0. The summed E-state index contributed by atoms with van der Waals surface area (Å²) in [6.07, 6.45) is 32.4. The van der Waals surface area contributed by atoms with E-state index in [9.17, 15) is 0 Å². The fourth-order valence-electron chi connectivity index (χ4n) is 8.33. The third-order valence-electron chi connectivity index (χ3n) is 11.2. The smallest absolute Gasteiger partial charge is 0.0486 e. The Morgan fingerprint density at radius 2 is 0.562 bits per heavy atom. The number of hydrogen-bond donors (Lipinski definition) is 0. The lowest BCUT2D eigenvalue weighted by Gasteiger charge is -2.11. The van der Waals surface area contributed by atoms with E-state index < -0.39 is 0 Å². The molecule has 6 aromatic rings. The highest BCUT2D eigenvalue weighted by molar-refractivity contribution is 6.24. The van der Waals surface area contributed by atoms with Crippen LogP contribution in [0, 0.1) is 0 Å². The van der Waals surface area contributed by atoms with E-state index in [4.69, 9.17) is 0 Å². The Morgan fingerprint density at radius 3 is 0.896 bits per heavy atom. The third-order valence-corrected chi connectivity index (χ3v) is 11.2. The molecule has 0 saturated carbocycles. The van der Waals surface area contributed by atoms with E-state index in [0.29, 0.717) is 0 Å². The molecular weight excluding hydrogens is 581 g/mol. The van der Waals surface area contributed by atoms with Crippen molar-refractivity contribution in [1.29, 1.82) is 0 Å². The Kier molecular flexibility index (Phi) is 12.9. The lowest BCUT2D eigenvalue weighted by Crippen LogP contribution is -1.96. The Bertz CT molecular complexity index is 1730. The molecule has 4 aromatic carbocycles. The van der Waals surface area contributed by atoms with Crippen LogP contribution < -0.4 is 0 Å². The zero-order valence-electron chi connectivity index (χ0n) is 30.4. The lowest BCUT2D eigenvalue weighted by atomic mass is 9.94. The molecule has 0 bridgehead atoms. The summed E-state index contributed by atoms with van der Waals surface area (Å²) in [6.45, 7) is 6.85. The molecular formula is C46H62N2. The van der Waals surface area contributed by atoms with Crippen molar-refractivity contribution in [3.63, 3.8) is 0 Å². The van der Waals surface area contributed by atoms with Crippen molar-refractivity contribution in [1.82, 2.24) is 9.13 Å². The molecule has 48 heavy (non-hydrogen) atoms. The van der Waals surface area contributed by atoms with Gasteiger partial charge in [0.1, 0.15) is 0 Å². The first-order chi connectivity index (χ1) is 23.8. The molecule has 2 heteroatoms.